The van der Waals surface area contributed by atoms with E-state index in [4.69, 9.17) is 19.4 Å². The van der Waals surface area contributed by atoms with Gasteiger partial charge >= 0.3 is 0 Å². The van der Waals surface area contributed by atoms with E-state index in [0.29, 0.717) is 17.6 Å². The van der Waals surface area contributed by atoms with Crippen LogP contribution in [0.4, 0.5) is 0 Å². The van der Waals surface area contributed by atoms with Crippen molar-refractivity contribution >= 4 is 108 Å². The van der Waals surface area contributed by atoms with Gasteiger partial charge in [-0.15, -0.1) is 11.3 Å². The standard InChI is InChI=1S/C55H31N5OS/c1-2-15-33-31-46-41(30-32(33)14-1)36-18-5-8-22-42(36)59(46)45-29-28-38-37-19-6-11-25-47(37)61-52(38)51(45)54-56-53(40-21-13-27-49-50(40)39-20-7-12-26-48(39)62-49)57-55(58-54)60-43-23-9-3-16-34(43)35-17-4-10-24-44(35)60/h1-31H. The third kappa shape index (κ3) is 4.71. The van der Waals surface area contributed by atoms with Crippen LogP contribution in [0.25, 0.3) is 131 Å². The minimum Gasteiger partial charge on any atom is -0.455 e. The molecule has 62 heavy (non-hydrogen) atoms. The Bertz CT molecular complexity index is 4130. The van der Waals surface area contributed by atoms with Crippen molar-refractivity contribution in [2.24, 2.45) is 0 Å². The van der Waals surface area contributed by atoms with Crippen molar-refractivity contribution in [2.45, 2.75) is 0 Å². The Labute approximate surface area is 357 Å². The molecule has 0 atom stereocenters. The summed E-state index contributed by atoms with van der Waals surface area (Å²) in [5.41, 5.74) is 8.41. The number of fused-ring (bicyclic) bond motifs is 13. The van der Waals surface area contributed by atoms with Crippen LogP contribution in [-0.4, -0.2) is 24.1 Å². The molecule has 6 nitrogen and oxygen atoms in total. The van der Waals surface area contributed by atoms with E-state index in [1.165, 1.54) is 36.3 Å². The Hall–Kier alpha value is -8.13. The summed E-state index contributed by atoms with van der Waals surface area (Å²) in [4.78, 5) is 16.6. The van der Waals surface area contributed by atoms with Gasteiger partial charge in [0.05, 0.1) is 33.3 Å². The lowest BCUT2D eigenvalue weighted by Gasteiger charge is -2.16. The summed E-state index contributed by atoms with van der Waals surface area (Å²) in [5.74, 6) is 1.65. The first-order valence-corrected chi connectivity index (χ1v) is 21.6. The predicted molar refractivity (Wildman–Crippen MR) is 257 cm³/mol. The molecule has 0 N–H and O–H groups in total. The minimum atomic E-state index is 0.523. The van der Waals surface area contributed by atoms with Crippen LogP contribution in [0.1, 0.15) is 0 Å². The van der Waals surface area contributed by atoms with Gasteiger partial charge in [-0.3, -0.25) is 4.57 Å². The van der Waals surface area contributed by atoms with E-state index in [1.807, 2.05) is 12.1 Å². The maximum absolute atomic E-state index is 6.98. The molecule has 0 aliphatic rings. The molecule has 14 aromatic rings. The van der Waals surface area contributed by atoms with Crippen LogP contribution in [0, 0.1) is 0 Å². The maximum atomic E-state index is 6.98. The van der Waals surface area contributed by atoms with Gasteiger partial charge in [0.25, 0.3) is 0 Å². The zero-order valence-corrected chi connectivity index (χ0v) is 33.8. The van der Waals surface area contributed by atoms with Crippen LogP contribution in [0.3, 0.4) is 0 Å². The molecule has 5 aromatic heterocycles. The summed E-state index contributed by atoms with van der Waals surface area (Å²) in [6.07, 6.45) is 0. The van der Waals surface area contributed by atoms with Gasteiger partial charge in [-0.2, -0.15) is 9.97 Å². The van der Waals surface area contributed by atoms with E-state index in [2.05, 4.69) is 185 Å². The first-order valence-electron chi connectivity index (χ1n) is 20.8. The smallest absolute Gasteiger partial charge is 0.238 e. The fourth-order valence-corrected chi connectivity index (χ4v) is 11.0. The van der Waals surface area contributed by atoms with E-state index in [1.54, 1.807) is 11.3 Å². The number of hydrogen-bond donors (Lipinski definition) is 0. The van der Waals surface area contributed by atoms with Crippen molar-refractivity contribution in [3.63, 3.8) is 0 Å². The third-order valence-corrected chi connectivity index (χ3v) is 13.7. The molecule has 7 heteroatoms. The van der Waals surface area contributed by atoms with E-state index >= 15 is 0 Å². The fraction of sp³-hybridized carbons (Fsp3) is 0. The molecule has 0 bridgehead atoms. The van der Waals surface area contributed by atoms with Crippen LogP contribution in [-0.2, 0) is 0 Å². The Morgan fingerprint density at radius 1 is 0.403 bits per heavy atom. The van der Waals surface area contributed by atoms with Crippen LogP contribution in [0.15, 0.2) is 192 Å². The van der Waals surface area contributed by atoms with Crippen molar-refractivity contribution in [1.29, 1.82) is 0 Å². The normalized spacial score (nSPS) is 12.2. The summed E-state index contributed by atoms with van der Waals surface area (Å²) in [5, 5.41) is 11.3. The quantitative estimate of drug-likeness (QED) is 0.178. The second kappa shape index (κ2) is 12.7. The summed E-state index contributed by atoms with van der Waals surface area (Å²) in [6, 6.07) is 66.6. The van der Waals surface area contributed by atoms with E-state index < -0.39 is 0 Å². The van der Waals surface area contributed by atoms with Gasteiger partial charge < -0.3 is 8.98 Å². The van der Waals surface area contributed by atoms with Crippen LogP contribution >= 0.6 is 11.3 Å². The minimum absolute atomic E-state index is 0.523. The number of aromatic nitrogens is 5. The van der Waals surface area contributed by atoms with Crippen molar-refractivity contribution < 1.29 is 4.42 Å². The van der Waals surface area contributed by atoms with Crippen molar-refractivity contribution in [3.8, 4) is 34.4 Å². The second-order valence-electron chi connectivity index (χ2n) is 15.9. The molecule has 0 fully saturated rings. The van der Waals surface area contributed by atoms with Gasteiger partial charge in [-0.05, 0) is 71.4 Å². The lowest BCUT2D eigenvalue weighted by molar-refractivity contribution is 0.669. The molecule has 0 aliphatic heterocycles. The summed E-state index contributed by atoms with van der Waals surface area (Å²) >= 11 is 1.79. The lowest BCUT2D eigenvalue weighted by atomic mass is 10.0. The molecule has 0 saturated heterocycles. The number of hydrogen-bond acceptors (Lipinski definition) is 5. The monoisotopic (exact) mass is 809 g/mol. The third-order valence-electron chi connectivity index (χ3n) is 12.6. The van der Waals surface area contributed by atoms with Gasteiger partial charge in [-0.1, -0.05) is 127 Å². The molecule has 0 radical (unpaired) electrons. The molecule has 0 unspecified atom stereocenters. The first-order chi connectivity index (χ1) is 30.7. The zero-order chi connectivity index (χ0) is 40.5. The molecular formula is C55H31N5OS. The van der Waals surface area contributed by atoms with Gasteiger partial charge in [0.2, 0.25) is 5.95 Å². The van der Waals surface area contributed by atoms with E-state index in [0.717, 1.165) is 77.0 Å². The van der Waals surface area contributed by atoms with Crippen LogP contribution in [0.2, 0.25) is 0 Å². The largest absolute Gasteiger partial charge is 0.455 e. The highest BCUT2D eigenvalue weighted by atomic mass is 32.1. The Kier molecular flexibility index (Phi) is 6.89. The second-order valence-corrected chi connectivity index (χ2v) is 17.0. The van der Waals surface area contributed by atoms with Crippen molar-refractivity contribution in [2.75, 3.05) is 0 Å². The predicted octanol–water partition coefficient (Wildman–Crippen LogP) is 14.8. The van der Waals surface area contributed by atoms with Gasteiger partial charge in [0, 0.05) is 58.1 Å². The molecule has 0 aliphatic carbocycles. The molecule has 0 amide bonds. The number of para-hydroxylation sites is 4. The fourth-order valence-electron chi connectivity index (χ4n) is 9.89. The number of benzene rings is 9. The molecule has 288 valence electrons. The number of furan rings is 1. The zero-order valence-electron chi connectivity index (χ0n) is 33.0. The highest BCUT2D eigenvalue weighted by Gasteiger charge is 2.26. The highest BCUT2D eigenvalue weighted by Crippen LogP contribution is 2.45. The molecule has 0 spiro atoms. The van der Waals surface area contributed by atoms with Gasteiger partial charge in [0.15, 0.2) is 11.6 Å². The van der Waals surface area contributed by atoms with E-state index in [9.17, 15) is 0 Å². The van der Waals surface area contributed by atoms with Gasteiger partial charge in [-0.25, -0.2) is 4.98 Å². The van der Waals surface area contributed by atoms with Crippen LogP contribution in [0.5, 0.6) is 0 Å². The number of nitrogens with zero attached hydrogens (tertiary/aromatic N) is 5. The molecule has 0 saturated carbocycles. The topological polar surface area (TPSA) is 61.7 Å². The average Bonchev–Trinajstić information content (AvgIpc) is 4.08. The lowest BCUT2D eigenvalue weighted by Crippen LogP contribution is -2.08. The van der Waals surface area contributed by atoms with Crippen molar-refractivity contribution in [3.05, 3.63) is 188 Å². The number of rotatable bonds is 4. The maximum Gasteiger partial charge on any atom is 0.238 e. The molecular weight excluding hydrogens is 779 g/mol. The SMILES string of the molecule is c1ccc2cc3c(cc2c1)c1ccccc1n3-c1ccc2c(oc3ccccc32)c1-c1nc(-c2cccc3sc4ccccc4c23)nc(-n2c3ccccc3c3ccccc32)n1. The van der Waals surface area contributed by atoms with Crippen LogP contribution < -0.4 is 0 Å². The first kappa shape index (κ1) is 33.7. The Morgan fingerprint density at radius 2 is 1.00 bits per heavy atom. The number of thiophene rings is 1. The molecule has 9 aromatic carbocycles. The highest BCUT2D eigenvalue weighted by molar-refractivity contribution is 7.25. The summed E-state index contributed by atoms with van der Waals surface area (Å²) in [6.45, 7) is 0. The average molecular weight is 810 g/mol. The Morgan fingerprint density at radius 3 is 1.77 bits per heavy atom. The van der Waals surface area contributed by atoms with Crippen molar-refractivity contribution in [1.82, 2.24) is 24.1 Å². The van der Waals surface area contributed by atoms with Gasteiger partial charge in [0.1, 0.15) is 11.2 Å². The van der Waals surface area contributed by atoms with E-state index in [-0.39, 0.29) is 0 Å². The summed E-state index contributed by atoms with van der Waals surface area (Å²) < 4.78 is 14.0. The Balaban J connectivity index is 1.16. The molecule has 5 heterocycles. The summed E-state index contributed by atoms with van der Waals surface area (Å²) in [7, 11) is 0. The molecule has 14 rings (SSSR count).